The summed E-state index contributed by atoms with van der Waals surface area (Å²) in [6, 6.07) is 5.42. The number of methoxy groups -OCH3 is 1. The van der Waals surface area contributed by atoms with Gasteiger partial charge in [0.1, 0.15) is 17.4 Å². The second-order valence-electron chi connectivity index (χ2n) is 3.06. The highest BCUT2D eigenvalue weighted by atomic mass is 16.5. The fraction of sp³-hybridized carbons (Fsp3) is 0.273. The largest absolute Gasteiger partial charge is 0.495 e. The molecule has 0 saturated carbocycles. The third-order valence-electron chi connectivity index (χ3n) is 1.96. The van der Waals surface area contributed by atoms with Crippen LogP contribution >= 0.6 is 0 Å². The van der Waals surface area contributed by atoms with Crippen LogP contribution in [0.15, 0.2) is 12.1 Å². The van der Waals surface area contributed by atoms with Gasteiger partial charge in [-0.25, -0.2) is 0 Å². The zero-order valence-electron chi connectivity index (χ0n) is 8.42. The molecule has 3 nitrogen and oxygen atoms in total. The van der Waals surface area contributed by atoms with Crippen LogP contribution in [-0.4, -0.2) is 12.9 Å². The number of carbonyl (C=O) groups excluding carboxylic acids is 1. The van der Waals surface area contributed by atoms with Gasteiger partial charge < -0.3 is 4.74 Å². The predicted molar refractivity (Wildman–Crippen MR) is 52.5 cm³/mol. The van der Waals surface area contributed by atoms with E-state index in [1.54, 1.807) is 12.1 Å². The molecule has 1 rings (SSSR count). The van der Waals surface area contributed by atoms with Crippen LogP contribution in [0, 0.1) is 18.3 Å². The molecule has 0 aliphatic heterocycles. The monoisotopic (exact) mass is 189 g/mol. The van der Waals surface area contributed by atoms with Crippen molar-refractivity contribution >= 4 is 5.78 Å². The highest BCUT2D eigenvalue weighted by Gasteiger charge is 2.12. The van der Waals surface area contributed by atoms with E-state index in [9.17, 15) is 4.79 Å². The van der Waals surface area contributed by atoms with Crippen molar-refractivity contribution in [1.82, 2.24) is 0 Å². The summed E-state index contributed by atoms with van der Waals surface area (Å²) in [6.45, 7) is 3.30. The van der Waals surface area contributed by atoms with Gasteiger partial charge in [0.05, 0.1) is 7.11 Å². The standard InChI is InChI=1S/C11H11NO2/c1-7-4-9(8(2)13)10(6-12)11(5-7)14-3/h4-5H,1-3H3. The van der Waals surface area contributed by atoms with Gasteiger partial charge in [-0.05, 0) is 31.5 Å². The highest BCUT2D eigenvalue weighted by Crippen LogP contribution is 2.23. The Labute approximate surface area is 82.9 Å². The van der Waals surface area contributed by atoms with Crippen LogP contribution in [0.1, 0.15) is 28.4 Å². The summed E-state index contributed by atoms with van der Waals surface area (Å²) in [4.78, 5) is 11.2. The van der Waals surface area contributed by atoms with E-state index in [4.69, 9.17) is 10.00 Å². The van der Waals surface area contributed by atoms with Crippen LogP contribution in [0.3, 0.4) is 0 Å². The van der Waals surface area contributed by atoms with Crippen LogP contribution in [0.2, 0.25) is 0 Å². The fourth-order valence-electron chi connectivity index (χ4n) is 1.31. The van der Waals surface area contributed by atoms with Crippen molar-refractivity contribution in [3.05, 3.63) is 28.8 Å². The number of ether oxygens (including phenoxy) is 1. The van der Waals surface area contributed by atoms with Crippen molar-refractivity contribution in [2.45, 2.75) is 13.8 Å². The first kappa shape index (κ1) is 10.3. The topological polar surface area (TPSA) is 50.1 Å². The third kappa shape index (κ3) is 1.74. The molecule has 3 heteroatoms. The number of nitrogens with zero attached hydrogens (tertiary/aromatic N) is 1. The number of carbonyl (C=O) groups is 1. The van der Waals surface area contributed by atoms with Gasteiger partial charge in [0.2, 0.25) is 0 Å². The molecule has 72 valence electrons. The number of ketones is 1. The first-order valence-corrected chi connectivity index (χ1v) is 4.19. The first-order valence-electron chi connectivity index (χ1n) is 4.19. The van der Waals surface area contributed by atoms with Crippen molar-refractivity contribution in [3.8, 4) is 11.8 Å². The summed E-state index contributed by atoms with van der Waals surface area (Å²) in [5.41, 5.74) is 1.64. The molecule has 0 radical (unpaired) electrons. The molecule has 0 saturated heterocycles. The highest BCUT2D eigenvalue weighted by molar-refractivity contribution is 5.97. The van der Waals surface area contributed by atoms with Crippen molar-refractivity contribution in [2.24, 2.45) is 0 Å². The average molecular weight is 189 g/mol. The Morgan fingerprint density at radius 2 is 2.14 bits per heavy atom. The lowest BCUT2D eigenvalue weighted by molar-refractivity contribution is 0.101. The van der Waals surface area contributed by atoms with E-state index in [1.165, 1.54) is 14.0 Å². The maximum Gasteiger partial charge on any atom is 0.161 e. The Balaban J connectivity index is 3.49. The number of hydrogen-bond donors (Lipinski definition) is 0. The SMILES string of the molecule is COc1cc(C)cc(C(C)=O)c1C#N. The quantitative estimate of drug-likeness (QED) is 0.669. The van der Waals surface area contributed by atoms with Gasteiger partial charge in [0, 0.05) is 5.56 Å². The summed E-state index contributed by atoms with van der Waals surface area (Å²) in [5.74, 6) is 0.334. The number of nitriles is 1. The van der Waals surface area contributed by atoms with E-state index < -0.39 is 0 Å². The Morgan fingerprint density at radius 3 is 2.57 bits per heavy atom. The Morgan fingerprint density at radius 1 is 1.50 bits per heavy atom. The lowest BCUT2D eigenvalue weighted by Gasteiger charge is -2.07. The van der Waals surface area contributed by atoms with Crippen molar-refractivity contribution in [1.29, 1.82) is 5.26 Å². The summed E-state index contributed by atoms with van der Waals surface area (Å²) in [5, 5.41) is 8.89. The van der Waals surface area contributed by atoms with Crippen molar-refractivity contribution in [2.75, 3.05) is 7.11 Å². The summed E-state index contributed by atoms with van der Waals surface area (Å²) in [7, 11) is 1.49. The van der Waals surface area contributed by atoms with Gasteiger partial charge in [-0.2, -0.15) is 5.26 Å². The van der Waals surface area contributed by atoms with Crippen LogP contribution in [0.25, 0.3) is 0 Å². The van der Waals surface area contributed by atoms with E-state index in [-0.39, 0.29) is 5.78 Å². The van der Waals surface area contributed by atoms with Gasteiger partial charge in [-0.1, -0.05) is 0 Å². The second kappa shape index (κ2) is 3.93. The molecule has 0 fully saturated rings. The predicted octanol–water partition coefficient (Wildman–Crippen LogP) is 2.08. The summed E-state index contributed by atoms with van der Waals surface area (Å²) < 4.78 is 5.03. The molecule has 1 aromatic carbocycles. The van der Waals surface area contributed by atoms with Gasteiger partial charge in [-0.3, -0.25) is 4.79 Å². The lowest BCUT2D eigenvalue weighted by Crippen LogP contribution is -2.00. The van der Waals surface area contributed by atoms with Crippen LogP contribution in [0.5, 0.6) is 5.75 Å². The van der Waals surface area contributed by atoms with Gasteiger partial charge in [0.25, 0.3) is 0 Å². The van der Waals surface area contributed by atoms with Gasteiger partial charge in [0.15, 0.2) is 5.78 Å². The Hall–Kier alpha value is -1.82. The molecule has 14 heavy (non-hydrogen) atoms. The number of benzene rings is 1. The molecule has 0 aliphatic carbocycles. The molecule has 0 atom stereocenters. The van der Waals surface area contributed by atoms with Crippen molar-refractivity contribution in [3.63, 3.8) is 0 Å². The lowest BCUT2D eigenvalue weighted by atomic mass is 10.0. The maximum atomic E-state index is 11.2. The van der Waals surface area contributed by atoms with E-state index in [0.717, 1.165) is 5.56 Å². The molecule has 0 aliphatic rings. The van der Waals surface area contributed by atoms with E-state index in [0.29, 0.717) is 16.9 Å². The maximum absolute atomic E-state index is 11.2. The normalized spacial score (nSPS) is 9.29. The van der Waals surface area contributed by atoms with Gasteiger partial charge >= 0.3 is 0 Å². The molecule has 0 bridgehead atoms. The van der Waals surface area contributed by atoms with Crippen LogP contribution in [0.4, 0.5) is 0 Å². The van der Waals surface area contributed by atoms with Crippen LogP contribution < -0.4 is 4.74 Å². The van der Waals surface area contributed by atoms with E-state index in [2.05, 4.69) is 0 Å². The minimum Gasteiger partial charge on any atom is -0.495 e. The molecule has 0 unspecified atom stereocenters. The Bertz CT molecular complexity index is 416. The molecule has 0 N–H and O–H groups in total. The first-order chi connectivity index (χ1) is 6.60. The smallest absolute Gasteiger partial charge is 0.161 e. The van der Waals surface area contributed by atoms with Crippen molar-refractivity contribution < 1.29 is 9.53 Å². The summed E-state index contributed by atoms with van der Waals surface area (Å²) >= 11 is 0. The zero-order valence-corrected chi connectivity index (χ0v) is 8.42. The minimum atomic E-state index is -0.122. The number of aryl methyl sites for hydroxylation is 1. The number of rotatable bonds is 2. The van der Waals surface area contributed by atoms with E-state index in [1.807, 2.05) is 13.0 Å². The Kier molecular flexibility index (Phi) is 2.88. The molecular weight excluding hydrogens is 178 g/mol. The number of Topliss-reactive ketones (excluding diaryl/α,β-unsaturated/α-hetero) is 1. The molecule has 1 aromatic rings. The minimum absolute atomic E-state index is 0.122. The average Bonchev–Trinajstić information content (AvgIpc) is 2.16. The molecule has 0 heterocycles. The summed E-state index contributed by atoms with van der Waals surface area (Å²) in [6.07, 6.45) is 0. The molecule has 0 aromatic heterocycles. The third-order valence-corrected chi connectivity index (χ3v) is 1.96. The zero-order chi connectivity index (χ0) is 10.7. The second-order valence-corrected chi connectivity index (χ2v) is 3.06. The van der Waals surface area contributed by atoms with Gasteiger partial charge in [-0.15, -0.1) is 0 Å². The van der Waals surface area contributed by atoms with E-state index >= 15 is 0 Å². The molecule has 0 spiro atoms. The fourth-order valence-corrected chi connectivity index (χ4v) is 1.31. The molecule has 0 amide bonds. The number of hydrogen-bond acceptors (Lipinski definition) is 3. The van der Waals surface area contributed by atoms with Crippen LogP contribution in [-0.2, 0) is 0 Å². The molecular formula is C11H11NO2.